The standard InChI is InChI=1S/C20H14O2/c1-13-6-2-3-7-15(13)20-16-8-4-5-9-18(16)22-19-12-14(21)10-11-17(19)20/h2-12H,1H3. The van der Waals surface area contributed by atoms with Crippen molar-refractivity contribution in [3.05, 3.63) is 82.5 Å². The van der Waals surface area contributed by atoms with Crippen LogP contribution in [0.1, 0.15) is 5.56 Å². The van der Waals surface area contributed by atoms with Crippen molar-refractivity contribution in [2.45, 2.75) is 6.92 Å². The molecule has 2 aliphatic rings. The average molecular weight is 286 g/mol. The molecule has 0 atom stereocenters. The van der Waals surface area contributed by atoms with Crippen LogP contribution < -0.4 is 5.43 Å². The molecule has 106 valence electrons. The zero-order chi connectivity index (χ0) is 15.1. The molecule has 0 spiro atoms. The maximum atomic E-state index is 11.7. The summed E-state index contributed by atoms with van der Waals surface area (Å²) in [4.78, 5) is 11.7. The van der Waals surface area contributed by atoms with Crippen molar-refractivity contribution < 1.29 is 4.42 Å². The summed E-state index contributed by atoms with van der Waals surface area (Å²) in [5.41, 5.74) is 5.20. The number of benzene rings is 3. The Morgan fingerprint density at radius 2 is 1.59 bits per heavy atom. The Morgan fingerprint density at radius 3 is 2.45 bits per heavy atom. The molecule has 0 radical (unpaired) electrons. The third kappa shape index (κ3) is 1.92. The van der Waals surface area contributed by atoms with Gasteiger partial charge in [0, 0.05) is 22.6 Å². The molecule has 1 aliphatic carbocycles. The maximum Gasteiger partial charge on any atom is 0.182 e. The summed E-state index contributed by atoms with van der Waals surface area (Å²) in [7, 11) is 0. The Hall–Kier alpha value is -2.87. The topological polar surface area (TPSA) is 30.2 Å². The van der Waals surface area contributed by atoms with E-state index in [1.54, 1.807) is 12.1 Å². The van der Waals surface area contributed by atoms with Crippen LogP contribution in [0.15, 0.2) is 75.9 Å². The van der Waals surface area contributed by atoms with Gasteiger partial charge in [0.2, 0.25) is 0 Å². The Bertz CT molecular complexity index is 1010. The molecule has 2 aromatic carbocycles. The van der Waals surface area contributed by atoms with Crippen LogP contribution in [-0.2, 0) is 0 Å². The lowest BCUT2D eigenvalue weighted by Gasteiger charge is -2.16. The molecular formula is C20H14O2. The summed E-state index contributed by atoms with van der Waals surface area (Å²) in [6.45, 7) is 2.10. The minimum Gasteiger partial charge on any atom is -0.456 e. The number of rotatable bonds is 1. The minimum absolute atomic E-state index is 0.0396. The van der Waals surface area contributed by atoms with Gasteiger partial charge in [0.05, 0.1) is 0 Å². The van der Waals surface area contributed by atoms with Crippen molar-refractivity contribution >= 4 is 11.0 Å². The first-order chi connectivity index (χ1) is 10.7. The lowest BCUT2D eigenvalue weighted by Crippen LogP contribution is -2.00. The van der Waals surface area contributed by atoms with Crippen molar-refractivity contribution in [3.8, 4) is 22.5 Å². The van der Waals surface area contributed by atoms with Crippen LogP contribution in [0.4, 0.5) is 0 Å². The molecule has 0 aromatic heterocycles. The first-order valence-corrected chi connectivity index (χ1v) is 7.26. The van der Waals surface area contributed by atoms with E-state index in [1.165, 1.54) is 5.56 Å². The molecule has 2 nitrogen and oxygen atoms in total. The summed E-state index contributed by atoms with van der Waals surface area (Å²) < 4.78 is 5.93. The third-order valence-electron chi connectivity index (χ3n) is 4.01. The predicted octanol–water partition coefficient (Wildman–Crippen LogP) is 4.87. The van der Waals surface area contributed by atoms with E-state index in [9.17, 15) is 4.79 Å². The minimum atomic E-state index is -0.0396. The molecule has 0 saturated carbocycles. The Balaban J connectivity index is 2.23. The molecule has 0 saturated heterocycles. The van der Waals surface area contributed by atoms with Crippen LogP contribution in [0.2, 0.25) is 0 Å². The fourth-order valence-electron chi connectivity index (χ4n) is 2.96. The highest BCUT2D eigenvalue weighted by atomic mass is 16.3. The number of para-hydroxylation sites is 1. The highest BCUT2D eigenvalue weighted by Gasteiger charge is 2.17. The van der Waals surface area contributed by atoms with Crippen molar-refractivity contribution in [3.63, 3.8) is 0 Å². The maximum absolute atomic E-state index is 11.7. The predicted molar refractivity (Wildman–Crippen MR) is 89.3 cm³/mol. The zero-order valence-corrected chi connectivity index (χ0v) is 12.2. The van der Waals surface area contributed by atoms with Crippen LogP contribution in [-0.4, -0.2) is 0 Å². The lowest BCUT2D eigenvalue weighted by molar-refractivity contribution is 0.619. The monoisotopic (exact) mass is 286 g/mol. The highest BCUT2D eigenvalue weighted by Crippen LogP contribution is 2.40. The molecule has 0 bridgehead atoms. The van der Waals surface area contributed by atoms with Gasteiger partial charge in [-0.15, -0.1) is 0 Å². The van der Waals surface area contributed by atoms with Gasteiger partial charge in [-0.1, -0.05) is 42.5 Å². The Kier molecular flexibility index (Phi) is 2.83. The molecular weight excluding hydrogens is 272 g/mol. The van der Waals surface area contributed by atoms with Crippen molar-refractivity contribution in [1.29, 1.82) is 0 Å². The Labute approximate surface area is 128 Å². The fraction of sp³-hybridized carbons (Fsp3) is 0.0500. The van der Waals surface area contributed by atoms with Gasteiger partial charge in [0.1, 0.15) is 11.3 Å². The van der Waals surface area contributed by atoms with Crippen LogP contribution in [0.25, 0.3) is 33.4 Å². The lowest BCUT2D eigenvalue weighted by atomic mass is 9.91. The van der Waals surface area contributed by atoms with Crippen LogP contribution >= 0.6 is 0 Å². The van der Waals surface area contributed by atoms with E-state index < -0.39 is 0 Å². The highest BCUT2D eigenvalue weighted by molar-refractivity contribution is 6.02. The summed E-state index contributed by atoms with van der Waals surface area (Å²) in [6, 6.07) is 21.2. The molecule has 4 rings (SSSR count). The Morgan fingerprint density at radius 1 is 0.818 bits per heavy atom. The fourth-order valence-corrected chi connectivity index (χ4v) is 2.96. The quantitative estimate of drug-likeness (QED) is 0.467. The molecule has 22 heavy (non-hydrogen) atoms. The van der Waals surface area contributed by atoms with Gasteiger partial charge < -0.3 is 4.42 Å². The molecule has 0 amide bonds. The molecule has 2 aromatic rings. The summed E-state index contributed by atoms with van der Waals surface area (Å²) >= 11 is 0. The normalized spacial score (nSPS) is 11.1. The van der Waals surface area contributed by atoms with Crippen molar-refractivity contribution in [2.24, 2.45) is 0 Å². The van der Waals surface area contributed by atoms with Gasteiger partial charge in [-0.25, -0.2) is 0 Å². The molecule has 0 N–H and O–H groups in total. The van der Waals surface area contributed by atoms with E-state index in [4.69, 9.17) is 4.42 Å². The van der Waals surface area contributed by atoms with E-state index in [1.807, 2.05) is 36.4 Å². The molecule has 1 aliphatic heterocycles. The van der Waals surface area contributed by atoms with Gasteiger partial charge >= 0.3 is 0 Å². The van der Waals surface area contributed by atoms with Crippen LogP contribution in [0.5, 0.6) is 0 Å². The van der Waals surface area contributed by atoms with Gasteiger partial charge in [0.15, 0.2) is 5.43 Å². The SMILES string of the molecule is Cc1ccccc1-c1c2ccc(=O)cc-2oc2ccccc12. The van der Waals surface area contributed by atoms with E-state index in [2.05, 4.69) is 25.1 Å². The molecule has 2 heteroatoms. The number of hydrogen-bond donors (Lipinski definition) is 0. The largest absolute Gasteiger partial charge is 0.456 e. The number of hydrogen-bond acceptors (Lipinski definition) is 2. The van der Waals surface area contributed by atoms with Gasteiger partial charge in [0.25, 0.3) is 0 Å². The first kappa shape index (κ1) is 12.8. The van der Waals surface area contributed by atoms with Crippen molar-refractivity contribution in [1.82, 2.24) is 0 Å². The van der Waals surface area contributed by atoms with E-state index >= 15 is 0 Å². The summed E-state index contributed by atoms with van der Waals surface area (Å²) in [5, 5.41) is 1.06. The van der Waals surface area contributed by atoms with E-state index in [-0.39, 0.29) is 5.43 Å². The van der Waals surface area contributed by atoms with E-state index in [0.717, 1.165) is 27.7 Å². The smallest absolute Gasteiger partial charge is 0.182 e. The number of aryl methyl sites for hydroxylation is 1. The summed E-state index contributed by atoms with van der Waals surface area (Å²) in [6.07, 6.45) is 0. The molecule has 0 unspecified atom stereocenters. The van der Waals surface area contributed by atoms with Crippen molar-refractivity contribution in [2.75, 3.05) is 0 Å². The first-order valence-electron chi connectivity index (χ1n) is 7.26. The van der Waals surface area contributed by atoms with Crippen LogP contribution in [0, 0.1) is 6.92 Å². The van der Waals surface area contributed by atoms with Gasteiger partial charge in [-0.05, 0) is 36.2 Å². The molecule has 1 heterocycles. The second-order valence-electron chi connectivity index (χ2n) is 5.45. The van der Waals surface area contributed by atoms with Gasteiger partial charge in [-0.2, -0.15) is 0 Å². The zero-order valence-electron chi connectivity index (χ0n) is 12.2. The van der Waals surface area contributed by atoms with E-state index in [0.29, 0.717) is 5.76 Å². The number of fused-ring (bicyclic) bond motifs is 2. The average Bonchev–Trinajstić information content (AvgIpc) is 2.53. The summed E-state index contributed by atoms with van der Waals surface area (Å²) in [5.74, 6) is 0.629. The second-order valence-corrected chi connectivity index (χ2v) is 5.45. The molecule has 0 fully saturated rings. The second kappa shape index (κ2) is 4.85. The third-order valence-corrected chi connectivity index (χ3v) is 4.01. The van der Waals surface area contributed by atoms with Crippen LogP contribution in [0.3, 0.4) is 0 Å². The van der Waals surface area contributed by atoms with Gasteiger partial charge in [-0.3, -0.25) is 4.79 Å².